The van der Waals surface area contributed by atoms with Gasteiger partial charge >= 0.3 is 0 Å². The molecule has 0 saturated carbocycles. The maximum atomic E-state index is 14.7. The number of para-hydroxylation sites is 1. The van der Waals surface area contributed by atoms with Gasteiger partial charge in [-0.3, -0.25) is 14.4 Å². The Balaban J connectivity index is 1.67. The van der Waals surface area contributed by atoms with Gasteiger partial charge in [0.2, 0.25) is 17.7 Å². The van der Waals surface area contributed by atoms with Gasteiger partial charge < -0.3 is 24.5 Å². The smallest absolute Gasteiger partial charge is 0.249 e. The first-order chi connectivity index (χ1) is 19.2. The van der Waals surface area contributed by atoms with Crippen LogP contribution in [0.15, 0.2) is 54.6 Å². The number of hydrogen-bond acceptors (Lipinski definition) is 5. The van der Waals surface area contributed by atoms with Gasteiger partial charge in [-0.05, 0) is 37.3 Å². The molecule has 1 aromatic rings. The third-order valence-electron chi connectivity index (χ3n) is 9.16. The van der Waals surface area contributed by atoms with Crippen molar-refractivity contribution in [2.24, 2.45) is 17.8 Å². The monoisotopic (exact) mass is 549 g/mol. The molecule has 1 aromatic carbocycles. The van der Waals surface area contributed by atoms with Gasteiger partial charge in [0.1, 0.15) is 11.6 Å². The van der Waals surface area contributed by atoms with E-state index >= 15 is 0 Å². The van der Waals surface area contributed by atoms with Crippen molar-refractivity contribution >= 4 is 23.4 Å². The summed E-state index contributed by atoms with van der Waals surface area (Å²) in [6, 6.07) is 7.99. The molecular weight excluding hydrogens is 506 g/mol. The molecule has 0 bridgehead atoms. The van der Waals surface area contributed by atoms with Crippen LogP contribution in [-0.2, 0) is 19.1 Å². The molecule has 4 aliphatic rings. The van der Waals surface area contributed by atoms with E-state index in [1.54, 1.807) is 14.7 Å². The number of carbonyl (C=O) groups excluding carboxylic acids is 3. The second-order valence-corrected chi connectivity index (χ2v) is 12.1. The number of anilines is 1. The van der Waals surface area contributed by atoms with E-state index in [9.17, 15) is 19.5 Å². The maximum absolute atomic E-state index is 14.7. The zero-order valence-electron chi connectivity index (χ0n) is 24.2. The zero-order valence-corrected chi connectivity index (χ0v) is 24.2. The lowest BCUT2D eigenvalue weighted by atomic mass is 9.73. The van der Waals surface area contributed by atoms with Crippen LogP contribution in [0, 0.1) is 17.8 Å². The van der Waals surface area contributed by atoms with Gasteiger partial charge in [-0.2, -0.15) is 0 Å². The van der Waals surface area contributed by atoms with Crippen LogP contribution < -0.4 is 4.90 Å². The minimum absolute atomic E-state index is 0.171. The van der Waals surface area contributed by atoms with E-state index in [1.165, 1.54) is 0 Å². The highest BCUT2D eigenvalue weighted by Gasteiger charge is 2.75. The topological polar surface area (TPSA) is 90.4 Å². The summed E-state index contributed by atoms with van der Waals surface area (Å²) in [5.41, 5.74) is -1.57. The normalized spacial score (nSPS) is 32.3. The summed E-state index contributed by atoms with van der Waals surface area (Å²) >= 11 is 0. The predicted octanol–water partition coefficient (Wildman–Crippen LogP) is 3.56. The van der Waals surface area contributed by atoms with Gasteiger partial charge in [-0.1, -0.05) is 76.6 Å². The number of fused-ring (bicyclic) bond motifs is 2. The molecule has 0 aliphatic carbocycles. The molecular formula is C32H43N3O5. The van der Waals surface area contributed by atoms with Crippen molar-refractivity contribution in [2.75, 3.05) is 31.1 Å². The summed E-state index contributed by atoms with van der Waals surface area (Å²) in [7, 11) is 0. The summed E-state index contributed by atoms with van der Waals surface area (Å²) in [5.74, 6) is -2.12. The average molecular weight is 550 g/mol. The number of aliphatic hydroxyl groups is 1. The van der Waals surface area contributed by atoms with Crippen molar-refractivity contribution in [1.82, 2.24) is 9.80 Å². The van der Waals surface area contributed by atoms with Crippen LogP contribution in [0.2, 0.25) is 0 Å². The summed E-state index contributed by atoms with van der Waals surface area (Å²) in [5, 5.41) is 10.5. The van der Waals surface area contributed by atoms with Gasteiger partial charge in [0.05, 0.1) is 30.1 Å². The van der Waals surface area contributed by atoms with Crippen LogP contribution in [0.3, 0.4) is 0 Å². The van der Waals surface area contributed by atoms with Crippen LogP contribution in [0.25, 0.3) is 0 Å². The lowest BCUT2D eigenvalue weighted by Gasteiger charge is -2.41. The number of aliphatic hydroxyl groups excluding tert-OH is 1. The van der Waals surface area contributed by atoms with E-state index in [2.05, 4.69) is 6.92 Å². The van der Waals surface area contributed by atoms with Gasteiger partial charge in [0, 0.05) is 25.3 Å². The first-order valence-electron chi connectivity index (χ1n) is 14.9. The van der Waals surface area contributed by atoms with E-state index in [0.29, 0.717) is 32.5 Å². The number of amides is 3. The second-order valence-electron chi connectivity index (χ2n) is 12.1. The summed E-state index contributed by atoms with van der Waals surface area (Å²) in [6.07, 6.45) is 10.6. The number of nitrogens with zero attached hydrogens (tertiary/aromatic N) is 3. The molecule has 0 radical (unpaired) electrons. The first kappa shape index (κ1) is 28.6. The predicted molar refractivity (Wildman–Crippen MR) is 153 cm³/mol. The molecule has 40 heavy (non-hydrogen) atoms. The Bertz CT molecular complexity index is 1180. The molecule has 3 amide bonds. The molecule has 216 valence electrons. The Morgan fingerprint density at radius 2 is 1.70 bits per heavy atom. The molecule has 1 spiro atoms. The largest absolute Gasteiger partial charge is 0.394 e. The van der Waals surface area contributed by atoms with Crippen molar-refractivity contribution < 1.29 is 24.2 Å². The lowest BCUT2D eigenvalue weighted by Crippen LogP contribution is -2.59. The van der Waals surface area contributed by atoms with E-state index in [0.717, 1.165) is 18.5 Å². The maximum Gasteiger partial charge on any atom is 0.249 e. The molecule has 2 saturated heterocycles. The number of unbranched alkanes of at least 4 members (excludes halogenated alkanes) is 1. The van der Waals surface area contributed by atoms with E-state index in [1.807, 2.05) is 75.4 Å². The van der Waals surface area contributed by atoms with Crippen molar-refractivity contribution in [2.45, 2.75) is 76.7 Å². The fourth-order valence-electron chi connectivity index (χ4n) is 7.35. The number of likely N-dealkylation sites (tertiary alicyclic amines) is 1. The highest BCUT2D eigenvalue weighted by Crippen LogP contribution is 2.59. The van der Waals surface area contributed by atoms with Crippen molar-refractivity contribution in [3.8, 4) is 0 Å². The zero-order chi connectivity index (χ0) is 28.7. The lowest BCUT2D eigenvalue weighted by molar-refractivity contribution is -0.155. The Morgan fingerprint density at radius 1 is 0.975 bits per heavy atom. The van der Waals surface area contributed by atoms with Crippen molar-refractivity contribution in [3.05, 3.63) is 54.6 Å². The molecule has 4 aliphatic heterocycles. The Kier molecular flexibility index (Phi) is 7.94. The first-order valence-corrected chi connectivity index (χ1v) is 14.9. The fraction of sp³-hybridized carbons (Fsp3) is 0.594. The van der Waals surface area contributed by atoms with Crippen LogP contribution in [0.4, 0.5) is 5.69 Å². The molecule has 4 heterocycles. The SMILES string of the molecule is CCCCN1CC=C[C@]23O[C@@]4(CC)C=CCN(c5ccccc5)C(=O)[C@H]4[C@H]2C(=O)N([C@@H](CO)CC(C)C)C3C1=O. The van der Waals surface area contributed by atoms with E-state index in [-0.39, 0.29) is 30.2 Å². The van der Waals surface area contributed by atoms with Gasteiger partial charge in [0.15, 0.2) is 0 Å². The molecule has 0 aromatic heterocycles. The minimum atomic E-state index is -1.31. The van der Waals surface area contributed by atoms with E-state index in [4.69, 9.17) is 4.74 Å². The van der Waals surface area contributed by atoms with Crippen LogP contribution >= 0.6 is 0 Å². The molecule has 1 N–H and O–H groups in total. The van der Waals surface area contributed by atoms with Crippen LogP contribution in [-0.4, -0.2) is 82.2 Å². The fourth-order valence-corrected chi connectivity index (χ4v) is 7.35. The number of rotatable bonds is 9. The summed E-state index contributed by atoms with van der Waals surface area (Å²) in [6.45, 7) is 9.25. The highest BCUT2D eigenvalue weighted by molar-refractivity contribution is 6.04. The molecule has 5 rings (SSSR count). The molecule has 8 nitrogen and oxygen atoms in total. The number of carbonyl (C=O) groups is 3. The number of benzene rings is 1. The molecule has 1 unspecified atom stereocenters. The number of ether oxygens (including phenoxy) is 1. The quantitative estimate of drug-likeness (QED) is 0.476. The van der Waals surface area contributed by atoms with Crippen LogP contribution in [0.1, 0.15) is 53.4 Å². The molecule has 6 atom stereocenters. The minimum Gasteiger partial charge on any atom is -0.394 e. The van der Waals surface area contributed by atoms with Crippen molar-refractivity contribution in [3.63, 3.8) is 0 Å². The summed E-state index contributed by atoms with van der Waals surface area (Å²) < 4.78 is 7.04. The average Bonchev–Trinajstić information content (AvgIpc) is 3.25. The highest BCUT2D eigenvalue weighted by atomic mass is 16.5. The Morgan fingerprint density at radius 3 is 2.35 bits per heavy atom. The van der Waals surface area contributed by atoms with E-state index < -0.39 is 35.1 Å². The standard InChI is InChI=1S/C32H43N3O5/c1-5-7-17-33-18-12-16-32-26(29(38)35(27(32)30(33)39)24(21-36)20-22(3)4)25-28(37)34(23-13-9-8-10-14-23)19-11-15-31(25,6-2)40-32/h8-16,22,24-27,36H,5-7,17-21H2,1-4H3/t24-,25-,26+,27?,31+,32+/m1/s1. The van der Waals surface area contributed by atoms with Crippen molar-refractivity contribution in [1.29, 1.82) is 0 Å². The third kappa shape index (κ3) is 4.40. The Labute approximate surface area is 237 Å². The third-order valence-corrected chi connectivity index (χ3v) is 9.16. The summed E-state index contributed by atoms with van der Waals surface area (Å²) in [4.78, 5) is 48.7. The second kappa shape index (κ2) is 11.1. The van der Waals surface area contributed by atoms with Gasteiger partial charge in [-0.15, -0.1) is 0 Å². The van der Waals surface area contributed by atoms with Gasteiger partial charge in [-0.25, -0.2) is 0 Å². The molecule has 8 heteroatoms. The van der Waals surface area contributed by atoms with Gasteiger partial charge in [0.25, 0.3) is 0 Å². The van der Waals surface area contributed by atoms with Crippen LogP contribution in [0.5, 0.6) is 0 Å². The molecule has 2 fully saturated rings. The number of hydrogen-bond donors (Lipinski definition) is 1. The Hall–Kier alpha value is -2.97.